The summed E-state index contributed by atoms with van der Waals surface area (Å²) >= 11 is 2.90. The maximum Gasteiger partial charge on any atom is 0.238 e. The van der Waals surface area contributed by atoms with Crippen molar-refractivity contribution in [2.45, 2.75) is 35.0 Å². The van der Waals surface area contributed by atoms with Crippen molar-refractivity contribution in [2.75, 3.05) is 12.4 Å². The summed E-state index contributed by atoms with van der Waals surface area (Å²) in [6, 6.07) is 18.0. The summed E-state index contributed by atoms with van der Waals surface area (Å²) in [5.74, 6) is 0.867. The van der Waals surface area contributed by atoms with Crippen LogP contribution in [0, 0.1) is 0 Å². The van der Waals surface area contributed by atoms with E-state index in [-0.39, 0.29) is 11.2 Å². The minimum Gasteiger partial charge on any atom is -0.497 e. The van der Waals surface area contributed by atoms with E-state index in [0.717, 1.165) is 39.2 Å². The first-order chi connectivity index (χ1) is 14.2. The molecule has 1 unspecified atom stereocenters. The molecule has 3 aromatic rings. The predicted molar refractivity (Wildman–Crippen MR) is 116 cm³/mol. The van der Waals surface area contributed by atoms with Gasteiger partial charge >= 0.3 is 0 Å². The average Bonchev–Trinajstić information content (AvgIpc) is 3.46. The number of carbonyl (C=O) groups excluding carboxylic acids is 1. The van der Waals surface area contributed by atoms with Crippen LogP contribution in [0.1, 0.15) is 29.2 Å². The number of benzene rings is 2. The van der Waals surface area contributed by atoms with Crippen LogP contribution in [0.5, 0.6) is 5.75 Å². The van der Waals surface area contributed by atoms with E-state index in [1.54, 1.807) is 7.11 Å². The number of nitrogens with one attached hydrogen (secondary N) is 2. The van der Waals surface area contributed by atoms with Crippen molar-refractivity contribution in [2.24, 2.45) is 0 Å². The van der Waals surface area contributed by atoms with Gasteiger partial charge in [0.2, 0.25) is 11.0 Å². The second-order valence-corrected chi connectivity index (χ2v) is 9.10. The average molecular weight is 427 g/mol. The number of carbonyl (C=O) groups is 1. The molecule has 0 spiro atoms. The Morgan fingerprint density at radius 2 is 1.93 bits per heavy atom. The van der Waals surface area contributed by atoms with E-state index in [1.807, 2.05) is 54.6 Å². The van der Waals surface area contributed by atoms with Gasteiger partial charge in [0.25, 0.3) is 0 Å². The second-order valence-electron chi connectivity index (χ2n) is 6.77. The Balaban J connectivity index is 1.40. The van der Waals surface area contributed by atoms with Crippen LogP contribution in [0.3, 0.4) is 0 Å². The fraction of sp³-hybridized carbons (Fsp3) is 0.286. The number of anilines is 1. The fourth-order valence-electron chi connectivity index (χ4n) is 2.76. The second kappa shape index (κ2) is 9.28. The van der Waals surface area contributed by atoms with Crippen LogP contribution in [0.2, 0.25) is 0 Å². The Bertz CT molecular complexity index is 943. The fourth-order valence-corrected chi connectivity index (χ4v) is 4.70. The summed E-state index contributed by atoms with van der Waals surface area (Å²) in [5, 5.41) is 15.3. The lowest BCUT2D eigenvalue weighted by atomic mass is 10.1. The number of methoxy groups -OCH3 is 1. The first-order valence-electron chi connectivity index (χ1n) is 9.43. The maximum atomic E-state index is 12.8. The zero-order valence-corrected chi connectivity index (χ0v) is 17.6. The lowest BCUT2D eigenvalue weighted by Gasteiger charge is -2.15. The molecule has 1 heterocycles. The van der Waals surface area contributed by atoms with Gasteiger partial charge < -0.3 is 15.4 Å². The van der Waals surface area contributed by atoms with E-state index in [2.05, 4.69) is 20.8 Å². The molecule has 6 nitrogen and oxygen atoms in total. The molecule has 0 radical (unpaired) electrons. The Morgan fingerprint density at radius 3 is 2.62 bits per heavy atom. The molecule has 8 heteroatoms. The van der Waals surface area contributed by atoms with Crippen LogP contribution in [-0.2, 0) is 11.3 Å². The topological polar surface area (TPSA) is 76.1 Å². The van der Waals surface area contributed by atoms with Crippen LogP contribution in [0.25, 0.3) is 0 Å². The van der Waals surface area contributed by atoms with Crippen LogP contribution in [-0.4, -0.2) is 29.3 Å². The Hall–Kier alpha value is -2.58. The number of hydrogen-bond acceptors (Lipinski definition) is 7. The number of amides is 1. The van der Waals surface area contributed by atoms with E-state index >= 15 is 0 Å². The molecule has 4 rings (SSSR count). The Morgan fingerprint density at radius 1 is 1.17 bits per heavy atom. The van der Waals surface area contributed by atoms with E-state index < -0.39 is 0 Å². The number of hydrogen-bond donors (Lipinski definition) is 2. The molecule has 1 amide bonds. The molecular formula is C21H22N4O2S2. The quantitative estimate of drug-likeness (QED) is 0.498. The highest BCUT2D eigenvalue weighted by Crippen LogP contribution is 2.38. The third-order valence-corrected chi connectivity index (χ3v) is 6.71. The number of thioether (sulfide) groups is 1. The van der Waals surface area contributed by atoms with Crippen molar-refractivity contribution < 1.29 is 9.53 Å². The molecule has 1 aliphatic carbocycles. The summed E-state index contributed by atoms with van der Waals surface area (Å²) in [6.45, 7) is 0.646. The lowest BCUT2D eigenvalue weighted by molar-refractivity contribution is -0.120. The first kappa shape index (κ1) is 19.7. The molecular weight excluding hydrogens is 404 g/mol. The number of aromatic nitrogens is 2. The summed E-state index contributed by atoms with van der Waals surface area (Å²) in [5.41, 5.74) is 2.10. The van der Waals surface area contributed by atoms with Gasteiger partial charge in [-0.25, -0.2) is 0 Å². The standard InChI is InChI=1S/C21H22N4O2S2/c1-27-17-11-7-14(8-12-17)13-22-20-24-25-21(29-20)28-18(15-5-3-2-4-6-15)19(26)23-16-9-10-16/h2-8,11-12,16,18H,9-10,13H2,1H3,(H,22,24)(H,23,26). The molecule has 2 aromatic carbocycles. The van der Waals surface area contributed by atoms with Gasteiger partial charge in [0.15, 0.2) is 4.34 Å². The Labute approximate surface area is 178 Å². The third kappa shape index (κ3) is 5.48. The molecule has 1 aromatic heterocycles. The molecule has 0 saturated heterocycles. The minimum atomic E-state index is -0.334. The van der Waals surface area contributed by atoms with Crippen LogP contribution < -0.4 is 15.4 Å². The van der Waals surface area contributed by atoms with Crippen molar-refractivity contribution in [3.05, 3.63) is 65.7 Å². The molecule has 1 aliphatic rings. The summed E-state index contributed by atoms with van der Waals surface area (Å²) in [6.07, 6.45) is 2.13. The maximum absolute atomic E-state index is 12.8. The number of nitrogens with zero attached hydrogens (tertiary/aromatic N) is 2. The van der Waals surface area contributed by atoms with Crippen LogP contribution in [0.15, 0.2) is 58.9 Å². The van der Waals surface area contributed by atoms with Crippen molar-refractivity contribution in [3.8, 4) is 5.75 Å². The monoisotopic (exact) mass is 426 g/mol. The SMILES string of the molecule is COc1ccc(CNc2nnc(SC(C(=O)NC3CC3)c3ccccc3)s2)cc1. The zero-order valence-electron chi connectivity index (χ0n) is 16.0. The number of ether oxygens (including phenoxy) is 1. The highest BCUT2D eigenvalue weighted by atomic mass is 32.2. The summed E-state index contributed by atoms with van der Waals surface area (Å²) < 4.78 is 5.95. The van der Waals surface area contributed by atoms with E-state index in [1.165, 1.54) is 23.1 Å². The first-order valence-corrected chi connectivity index (χ1v) is 11.1. The van der Waals surface area contributed by atoms with Crippen LogP contribution in [0.4, 0.5) is 5.13 Å². The largest absolute Gasteiger partial charge is 0.497 e. The number of rotatable bonds is 9. The van der Waals surface area contributed by atoms with E-state index in [4.69, 9.17) is 4.74 Å². The van der Waals surface area contributed by atoms with Gasteiger partial charge in [0.1, 0.15) is 11.0 Å². The van der Waals surface area contributed by atoms with Gasteiger partial charge in [-0.2, -0.15) is 0 Å². The third-order valence-electron chi connectivity index (χ3n) is 4.49. The normalized spacial score (nSPS) is 14.2. The molecule has 1 fully saturated rings. The minimum absolute atomic E-state index is 0.0339. The van der Waals surface area contributed by atoms with Crippen molar-refractivity contribution in [1.29, 1.82) is 0 Å². The summed E-state index contributed by atoms with van der Waals surface area (Å²) in [4.78, 5) is 12.8. The van der Waals surface area contributed by atoms with E-state index in [9.17, 15) is 4.79 Å². The molecule has 1 saturated carbocycles. The van der Waals surface area contributed by atoms with Gasteiger partial charge in [-0.1, -0.05) is 65.6 Å². The Kier molecular flexibility index (Phi) is 6.31. The van der Waals surface area contributed by atoms with Crippen LogP contribution >= 0.6 is 23.1 Å². The van der Waals surface area contributed by atoms with Crippen molar-refractivity contribution >= 4 is 34.1 Å². The van der Waals surface area contributed by atoms with Crippen molar-refractivity contribution in [1.82, 2.24) is 15.5 Å². The zero-order chi connectivity index (χ0) is 20.1. The van der Waals surface area contributed by atoms with E-state index in [0.29, 0.717) is 12.6 Å². The smallest absolute Gasteiger partial charge is 0.238 e. The van der Waals surface area contributed by atoms with Gasteiger partial charge in [-0.15, -0.1) is 10.2 Å². The molecule has 0 bridgehead atoms. The highest BCUT2D eigenvalue weighted by Gasteiger charge is 2.29. The molecule has 2 N–H and O–H groups in total. The van der Waals surface area contributed by atoms with Gasteiger partial charge in [0, 0.05) is 12.6 Å². The van der Waals surface area contributed by atoms with Gasteiger partial charge in [-0.05, 0) is 36.1 Å². The lowest BCUT2D eigenvalue weighted by Crippen LogP contribution is -2.29. The van der Waals surface area contributed by atoms with Gasteiger partial charge in [-0.3, -0.25) is 4.79 Å². The highest BCUT2D eigenvalue weighted by molar-refractivity contribution is 8.01. The molecule has 1 atom stereocenters. The molecule has 0 aliphatic heterocycles. The predicted octanol–water partition coefficient (Wildman–Crippen LogP) is 4.27. The molecule has 29 heavy (non-hydrogen) atoms. The summed E-state index contributed by atoms with van der Waals surface area (Å²) in [7, 11) is 1.65. The van der Waals surface area contributed by atoms with Gasteiger partial charge in [0.05, 0.1) is 7.11 Å². The van der Waals surface area contributed by atoms with Crippen molar-refractivity contribution in [3.63, 3.8) is 0 Å². The molecule has 150 valence electrons.